The Kier molecular flexibility index (Phi) is 3.97. The molecule has 0 amide bonds. The Morgan fingerprint density at radius 3 is 2.97 bits per heavy atom. The number of rotatable bonds is 3. The Balaban J connectivity index is 1.60. The van der Waals surface area contributed by atoms with Crippen molar-refractivity contribution in [2.75, 3.05) is 18.6 Å². The van der Waals surface area contributed by atoms with Crippen molar-refractivity contribution < 1.29 is 13.9 Å². The quantitative estimate of drug-likeness (QED) is 0.531. The topological polar surface area (TPSA) is 101 Å². The highest BCUT2D eigenvalue weighted by atomic mass is 19.1. The normalized spacial score (nSPS) is 16.1. The van der Waals surface area contributed by atoms with Crippen LogP contribution in [0.5, 0.6) is 0 Å². The summed E-state index contributed by atoms with van der Waals surface area (Å²) >= 11 is 0. The smallest absolute Gasteiger partial charge is 0.358 e. The van der Waals surface area contributed by atoms with Gasteiger partial charge in [0.05, 0.1) is 37.2 Å². The number of carbonyl (C=O) groups is 1. The van der Waals surface area contributed by atoms with E-state index in [1.807, 2.05) is 4.90 Å². The van der Waals surface area contributed by atoms with E-state index in [9.17, 15) is 9.18 Å². The van der Waals surface area contributed by atoms with Gasteiger partial charge in [-0.1, -0.05) is 0 Å². The summed E-state index contributed by atoms with van der Waals surface area (Å²) in [5, 5.41) is 4.57. The Morgan fingerprint density at radius 2 is 2.21 bits per heavy atom. The van der Waals surface area contributed by atoms with E-state index < -0.39 is 5.97 Å². The minimum Gasteiger partial charge on any atom is -0.464 e. The molecule has 0 fully saturated rings. The van der Waals surface area contributed by atoms with Crippen LogP contribution >= 0.6 is 0 Å². The van der Waals surface area contributed by atoms with Crippen LogP contribution in [-0.4, -0.2) is 49.2 Å². The number of esters is 1. The molecule has 10 heteroatoms. The highest BCUT2D eigenvalue weighted by molar-refractivity contribution is 5.86. The number of anilines is 1. The zero-order chi connectivity index (χ0) is 20.0. The summed E-state index contributed by atoms with van der Waals surface area (Å²) in [5.74, 6) is -0.337. The zero-order valence-electron chi connectivity index (χ0n) is 15.4. The lowest BCUT2D eigenvalue weighted by Crippen LogP contribution is -2.37. The molecule has 5 heterocycles. The van der Waals surface area contributed by atoms with Gasteiger partial charge in [0.25, 0.3) is 0 Å². The van der Waals surface area contributed by atoms with Gasteiger partial charge in [-0.2, -0.15) is 5.10 Å². The van der Waals surface area contributed by atoms with Crippen molar-refractivity contribution in [3.63, 3.8) is 0 Å². The number of fused-ring (bicyclic) bond motifs is 2. The summed E-state index contributed by atoms with van der Waals surface area (Å²) in [4.78, 5) is 29.8. The van der Waals surface area contributed by atoms with Gasteiger partial charge in [0.2, 0.25) is 0 Å². The second-order valence-corrected chi connectivity index (χ2v) is 6.62. The first-order valence-electron chi connectivity index (χ1n) is 8.98. The number of pyridine rings is 1. The molecule has 4 aromatic heterocycles. The molecule has 146 valence electrons. The van der Waals surface area contributed by atoms with Crippen molar-refractivity contribution in [3.05, 3.63) is 71.7 Å². The second-order valence-electron chi connectivity index (χ2n) is 6.62. The van der Waals surface area contributed by atoms with Gasteiger partial charge >= 0.3 is 5.97 Å². The third-order valence-electron chi connectivity index (χ3n) is 5.00. The largest absolute Gasteiger partial charge is 0.464 e. The third kappa shape index (κ3) is 2.80. The number of aromatic nitrogens is 6. The lowest BCUT2D eigenvalue weighted by molar-refractivity contribution is 0.0593. The van der Waals surface area contributed by atoms with Gasteiger partial charge in [-0.05, 0) is 18.2 Å². The molecule has 0 aromatic carbocycles. The predicted octanol–water partition coefficient (Wildman–Crippen LogP) is 1.93. The summed E-state index contributed by atoms with van der Waals surface area (Å²) < 4.78 is 20.4. The van der Waals surface area contributed by atoms with Gasteiger partial charge in [-0.25, -0.2) is 28.7 Å². The first-order valence-corrected chi connectivity index (χ1v) is 8.98. The van der Waals surface area contributed by atoms with Crippen LogP contribution in [0.25, 0.3) is 5.52 Å². The molecule has 1 N–H and O–H groups in total. The summed E-state index contributed by atoms with van der Waals surface area (Å²) in [6, 6.07) is 4.35. The maximum Gasteiger partial charge on any atom is 0.358 e. The SMILES string of the molecule is COC(=O)c1cnc(N2CCc3[nH]cnc3[C@@H]2c2cc3c(F)cccn3n2)cn1. The lowest BCUT2D eigenvalue weighted by Gasteiger charge is -2.34. The number of nitrogens with zero attached hydrogens (tertiary/aromatic N) is 6. The first-order chi connectivity index (χ1) is 14.2. The number of nitrogens with one attached hydrogen (secondary N) is 1. The van der Waals surface area contributed by atoms with E-state index in [0.717, 1.165) is 17.8 Å². The van der Waals surface area contributed by atoms with Crippen molar-refractivity contribution in [3.8, 4) is 0 Å². The van der Waals surface area contributed by atoms with E-state index in [0.29, 0.717) is 23.6 Å². The highest BCUT2D eigenvalue weighted by Crippen LogP contribution is 2.35. The monoisotopic (exact) mass is 393 g/mol. The molecular formula is C19H16FN7O2. The van der Waals surface area contributed by atoms with Gasteiger partial charge in [0, 0.05) is 24.9 Å². The molecule has 0 saturated carbocycles. The molecule has 0 spiro atoms. The van der Waals surface area contributed by atoms with Gasteiger partial charge < -0.3 is 14.6 Å². The fourth-order valence-electron chi connectivity index (χ4n) is 3.64. The Bertz CT molecular complexity index is 1200. The van der Waals surface area contributed by atoms with Crippen LogP contribution in [0.1, 0.15) is 33.6 Å². The molecule has 0 unspecified atom stereocenters. The number of imidazole rings is 1. The number of halogens is 1. The van der Waals surface area contributed by atoms with Crippen LogP contribution in [0.15, 0.2) is 43.1 Å². The van der Waals surface area contributed by atoms with Crippen molar-refractivity contribution in [1.29, 1.82) is 0 Å². The van der Waals surface area contributed by atoms with Crippen molar-refractivity contribution in [1.82, 2.24) is 29.5 Å². The fourth-order valence-corrected chi connectivity index (χ4v) is 3.64. The fraction of sp³-hybridized carbons (Fsp3) is 0.211. The molecule has 0 aliphatic carbocycles. The van der Waals surface area contributed by atoms with E-state index >= 15 is 0 Å². The highest BCUT2D eigenvalue weighted by Gasteiger charge is 2.34. The number of ether oxygens (including phenoxy) is 1. The van der Waals surface area contributed by atoms with E-state index in [4.69, 9.17) is 0 Å². The predicted molar refractivity (Wildman–Crippen MR) is 100 cm³/mol. The minimum atomic E-state index is -0.551. The third-order valence-corrected chi connectivity index (χ3v) is 5.00. The maximum atomic E-state index is 14.2. The molecule has 29 heavy (non-hydrogen) atoms. The molecule has 0 bridgehead atoms. The summed E-state index contributed by atoms with van der Waals surface area (Å²) in [5.41, 5.74) is 2.96. The van der Waals surface area contributed by atoms with Crippen LogP contribution in [-0.2, 0) is 11.2 Å². The molecular weight excluding hydrogens is 377 g/mol. The first kappa shape index (κ1) is 17.3. The van der Waals surface area contributed by atoms with Gasteiger partial charge in [-0.15, -0.1) is 0 Å². The van der Waals surface area contributed by atoms with Crippen LogP contribution in [0.4, 0.5) is 10.2 Å². The number of carbonyl (C=O) groups excluding carboxylic acids is 1. The van der Waals surface area contributed by atoms with Gasteiger partial charge in [-0.3, -0.25) is 0 Å². The van der Waals surface area contributed by atoms with Crippen molar-refractivity contribution >= 4 is 17.3 Å². The molecule has 0 saturated heterocycles. The number of methoxy groups -OCH3 is 1. The van der Waals surface area contributed by atoms with Crippen molar-refractivity contribution in [2.45, 2.75) is 12.5 Å². The average molecular weight is 393 g/mol. The van der Waals surface area contributed by atoms with Crippen molar-refractivity contribution in [2.24, 2.45) is 0 Å². The molecule has 1 atom stereocenters. The Hall–Kier alpha value is -3.82. The lowest BCUT2D eigenvalue weighted by atomic mass is 10.00. The molecule has 9 nitrogen and oxygen atoms in total. The van der Waals surface area contributed by atoms with Gasteiger partial charge in [0.15, 0.2) is 5.69 Å². The molecule has 5 rings (SSSR count). The van der Waals surface area contributed by atoms with Crippen LogP contribution in [0.3, 0.4) is 0 Å². The van der Waals surface area contributed by atoms with Crippen LogP contribution in [0.2, 0.25) is 0 Å². The summed E-state index contributed by atoms with van der Waals surface area (Å²) in [6.07, 6.45) is 6.97. The van der Waals surface area contributed by atoms with E-state index in [2.05, 4.69) is 29.8 Å². The number of H-pyrrole nitrogens is 1. The summed E-state index contributed by atoms with van der Waals surface area (Å²) in [7, 11) is 1.29. The van der Waals surface area contributed by atoms with E-state index in [1.54, 1.807) is 24.7 Å². The maximum absolute atomic E-state index is 14.2. The zero-order valence-corrected chi connectivity index (χ0v) is 15.4. The minimum absolute atomic E-state index is 0.125. The molecule has 1 aliphatic rings. The van der Waals surface area contributed by atoms with E-state index in [1.165, 1.54) is 30.1 Å². The molecule has 1 aliphatic heterocycles. The Morgan fingerprint density at radius 1 is 1.31 bits per heavy atom. The standard InChI is InChI=1S/C19H16FN7O2/c1-29-19(28)14-8-22-16(9-21-14)26-6-4-12-17(24-10-23-12)18(26)13-7-15-11(20)3-2-5-27(15)25-13/h2-3,5,7-10,18H,4,6H2,1H3,(H,23,24)/t18-/m0/s1. The number of aromatic amines is 1. The number of hydrogen-bond acceptors (Lipinski definition) is 7. The molecule has 4 aromatic rings. The van der Waals surface area contributed by atoms with Crippen LogP contribution in [0, 0.1) is 5.82 Å². The van der Waals surface area contributed by atoms with Crippen LogP contribution < -0.4 is 4.90 Å². The summed E-state index contributed by atoms with van der Waals surface area (Å²) in [6.45, 7) is 0.627. The Labute approximate surface area is 164 Å². The van der Waals surface area contributed by atoms with E-state index in [-0.39, 0.29) is 17.6 Å². The van der Waals surface area contributed by atoms with Gasteiger partial charge in [0.1, 0.15) is 23.2 Å². The number of hydrogen-bond donors (Lipinski definition) is 1. The second kappa shape index (κ2) is 6.66. The average Bonchev–Trinajstić information content (AvgIpc) is 3.40. The molecule has 0 radical (unpaired) electrons.